The molecule has 1 atom stereocenters. The summed E-state index contributed by atoms with van der Waals surface area (Å²) in [6, 6.07) is 0. The van der Waals surface area contributed by atoms with E-state index in [1.54, 1.807) is 13.8 Å². The van der Waals surface area contributed by atoms with Gasteiger partial charge in [0, 0.05) is 13.5 Å². The van der Waals surface area contributed by atoms with Crippen molar-refractivity contribution in [2.75, 3.05) is 19.7 Å². The third-order valence-corrected chi connectivity index (χ3v) is 2.20. The Balaban J connectivity index is 3.90. The SMILES string of the molecule is CC(=O)NCC(F)C(C)(C)OCCNS. The summed E-state index contributed by atoms with van der Waals surface area (Å²) in [5.41, 5.74) is -0.910. The number of carbonyl (C=O) groups is 1. The lowest BCUT2D eigenvalue weighted by molar-refractivity contribution is -0.120. The van der Waals surface area contributed by atoms with Crippen LogP contribution >= 0.6 is 12.8 Å². The van der Waals surface area contributed by atoms with Crippen LogP contribution in [0.3, 0.4) is 0 Å². The first-order valence-electron chi connectivity index (χ1n) is 4.79. The number of amides is 1. The molecule has 0 saturated heterocycles. The van der Waals surface area contributed by atoms with Crippen molar-refractivity contribution in [2.45, 2.75) is 32.5 Å². The molecule has 0 aliphatic heterocycles. The van der Waals surface area contributed by atoms with Gasteiger partial charge < -0.3 is 10.1 Å². The number of nitrogens with one attached hydrogen (secondary N) is 2. The van der Waals surface area contributed by atoms with E-state index in [2.05, 4.69) is 22.9 Å². The number of alkyl halides is 1. The largest absolute Gasteiger partial charge is 0.371 e. The highest BCUT2D eigenvalue weighted by molar-refractivity contribution is 7.78. The van der Waals surface area contributed by atoms with E-state index < -0.39 is 11.8 Å². The Bertz CT molecular complexity index is 203. The molecule has 0 heterocycles. The Morgan fingerprint density at radius 2 is 2.20 bits per heavy atom. The van der Waals surface area contributed by atoms with Gasteiger partial charge in [-0.15, -0.1) is 0 Å². The molecule has 0 spiro atoms. The molecule has 0 aliphatic rings. The highest BCUT2D eigenvalue weighted by Crippen LogP contribution is 2.17. The lowest BCUT2D eigenvalue weighted by atomic mass is 10.0. The van der Waals surface area contributed by atoms with Crippen LogP contribution in [-0.4, -0.2) is 37.4 Å². The van der Waals surface area contributed by atoms with Crippen LogP contribution < -0.4 is 10.0 Å². The van der Waals surface area contributed by atoms with Crippen LogP contribution in [0.5, 0.6) is 0 Å². The third kappa shape index (κ3) is 6.70. The summed E-state index contributed by atoms with van der Waals surface area (Å²) in [5, 5.41) is 2.42. The Morgan fingerprint density at radius 3 is 2.67 bits per heavy atom. The fourth-order valence-electron chi connectivity index (χ4n) is 0.929. The van der Waals surface area contributed by atoms with Crippen LogP contribution in [0.25, 0.3) is 0 Å². The van der Waals surface area contributed by atoms with Crippen molar-refractivity contribution in [3.8, 4) is 0 Å². The predicted octanol–water partition coefficient (Wildman–Crippen LogP) is 0.690. The second kappa shape index (κ2) is 7.03. The lowest BCUT2D eigenvalue weighted by Crippen LogP contribution is -2.44. The number of thiol groups is 1. The summed E-state index contributed by atoms with van der Waals surface area (Å²) in [6.07, 6.45) is -1.23. The van der Waals surface area contributed by atoms with Gasteiger partial charge in [-0.3, -0.25) is 9.52 Å². The standard InChI is InChI=1S/C9H19FN2O2S/c1-7(13)11-6-8(10)9(2,3)14-5-4-12-15/h8,12,15H,4-6H2,1-3H3,(H,11,13). The van der Waals surface area contributed by atoms with Crippen LogP contribution in [-0.2, 0) is 9.53 Å². The molecule has 0 saturated carbocycles. The minimum atomic E-state index is -1.23. The number of carbonyl (C=O) groups excluding carboxylic acids is 1. The minimum Gasteiger partial charge on any atom is -0.371 e. The summed E-state index contributed by atoms with van der Waals surface area (Å²) in [7, 11) is 0. The average molecular weight is 238 g/mol. The Hall–Kier alpha value is -0.330. The monoisotopic (exact) mass is 238 g/mol. The summed E-state index contributed by atoms with van der Waals surface area (Å²) >= 11 is 3.79. The van der Waals surface area contributed by atoms with Gasteiger partial charge in [0.25, 0.3) is 0 Å². The third-order valence-electron chi connectivity index (χ3n) is 1.97. The van der Waals surface area contributed by atoms with Gasteiger partial charge in [-0.05, 0) is 13.8 Å². The zero-order valence-corrected chi connectivity index (χ0v) is 10.2. The maximum Gasteiger partial charge on any atom is 0.216 e. The van der Waals surface area contributed by atoms with Crippen molar-refractivity contribution >= 4 is 18.7 Å². The van der Waals surface area contributed by atoms with E-state index in [4.69, 9.17) is 4.74 Å². The van der Waals surface area contributed by atoms with Crippen molar-refractivity contribution < 1.29 is 13.9 Å². The molecule has 6 heteroatoms. The van der Waals surface area contributed by atoms with Crippen molar-refractivity contribution in [3.05, 3.63) is 0 Å². The Kier molecular flexibility index (Phi) is 6.87. The van der Waals surface area contributed by atoms with Gasteiger partial charge in [0.15, 0.2) is 0 Å². The summed E-state index contributed by atoms with van der Waals surface area (Å²) in [4.78, 5) is 10.6. The quantitative estimate of drug-likeness (QED) is 0.452. The minimum absolute atomic E-state index is 0.0311. The number of hydrogen-bond donors (Lipinski definition) is 3. The first kappa shape index (κ1) is 14.7. The number of ether oxygens (including phenoxy) is 1. The van der Waals surface area contributed by atoms with Gasteiger partial charge in [-0.2, -0.15) is 0 Å². The maximum atomic E-state index is 13.6. The van der Waals surface area contributed by atoms with Gasteiger partial charge in [-0.25, -0.2) is 4.39 Å². The molecule has 15 heavy (non-hydrogen) atoms. The first-order valence-corrected chi connectivity index (χ1v) is 5.24. The van der Waals surface area contributed by atoms with Crippen molar-refractivity contribution in [1.82, 2.24) is 10.0 Å². The Morgan fingerprint density at radius 1 is 1.60 bits per heavy atom. The van der Waals surface area contributed by atoms with E-state index in [1.807, 2.05) is 0 Å². The molecule has 0 fully saturated rings. The predicted molar refractivity (Wildman–Crippen MR) is 60.6 cm³/mol. The maximum absolute atomic E-state index is 13.6. The van der Waals surface area contributed by atoms with Gasteiger partial charge >= 0.3 is 0 Å². The molecule has 0 aliphatic carbocycles. The van der Waals surface area contributed by atoms with Crippen LogP contribution in [0, 0.1) is 0 Å². The number of halogens is 1. The second-order valence-corrected chi connectivity index (χ2v) is 4.08. The average Bonchev–Trinajstić information content (AvgIpc) is 2.14. The van der Waals surface area contributed by atoms with E-state index in [-0.39, 0.29) is 12.5 Å². The summed E-state index contributed by atoms with van der Waals surface area (Å²) in [5.74, 6) is -0.245. The number of rotatable bonds is 7. The van der Waals surface area contributed by atoms with Crippen LogP contribution in [0.4, 0.5) is 4.39 Å². The molecule has 4 nitrogen and oxygen atoms in total. The smallest absolute Gasteiger partial charge is 0.216 e. The van der Waals surface area contributed by atoms with E-state index in [0.717, 1.165) is 0 Å². The van der Waals surface area contributed by atoms with Crippen LogP contribution in [0.2, 0.25) is 0 Å². The molecule has 90 valence electrons. The van der Waals surface area contributed by atoms with E-state index >= 15 is 0 Å². The van der Waals surface area contributed by atoms with Crippen molar-refractivity contribution in [2.24, 2.45) is 0 Å². The molecular formula is C9H19FN2O2S. The molecule has 0 rings (SSSR count). The topological polar surface area (TPSA) is 50.4 Å². The highest BCUT2D eigenvalue weighted by atomic mass is 32.1. The van der Waals surface area contributed by atoms with E-state index in [0.29, 0.717) is 13.2 Å². The molecule has 1 unspecified atom stereocenters. The first-order chi connectivity index (χ1) is 6.90. The molecule has 0 aromatic rings. The molecule has 1 amide bonds. The normalized spacial score (nSPS) is 13.7. The molecule has 0 bridgehead atoms. The molecule has 0 radical (unpaired) electrons. The summed E-state index contributed by atoms with van der Waals surface area (Å²) in [6.45, 7) is 5.54. The zero-order chi connectivity index (χ0) is 11.9. The van der Waals surface area contributed by atoms with Gasteiger partial charge in [0.05, 0.1) is 18.8 Å². The number of hydrogen-bond acceptors (Lipinski definition) is 4. The fraction of sp³-hybridized carbons (Fsp3) is 0.889. The Labute approximate surface area is 95.5 Å². The van der Waals surface area contributed by atoms with E-state index in [9.17, 15) is 9.18 Å². The molecule has 2 N–H and O–H groups in total. The van der Waals surface area contributed by atoms with Crippen LogP contribution in [0.1, 0.15) is 20.8 Å². The lowest BCUT2D eigenvalue weighted by Gasteiger charge is -2.29. The summed E-state index contributed by atoms with van der Waals surface area (Å²) < 4.78 is 21.5. The zero-order valence-electron chi connectivity index (χ0n) is 9.34. The molecule has 0 aromatic heterocycles. The molecule has 0 aromatic carbocycles. The van der Waals surface area contributed by atoms with Gasteiger partial charge in [0.1, 0.15) is 6.17 Å². The van der Waals surface area contributed by atoms with Crippen LogP contribution in [0.15, 0.2) is 0 Å². The van der Waals surface area contributed by atoms with Gasteiger partial charge in [0.2, 0.25) is 5.91 Å². The second-order valence-electron chi connectivity index (χ2n) is 3.76. The fourth-order valence-corrected chi connectivity index (χ4v) is 1.02. The van der Waals surface area contributed by atoms with Gasteiger partial charge in [-0.1, -0.05) is 12.8 Å². The molecular weight excluding hydrogens is 219 g/mol. The van der Waals surface area contributed by atoms with Crippen molar-refractivity contribution in [3.63, 3.8) is 0 Å². The van der Waals surface area contributed by atoms with E-state index in [1.165, 1.54) is 6.92 Å². The highest BCUT2D eigenvalue weighted by Gasteiger charge is 2.30. The van der Waals surface area contributed by atoms with Crippen molar-refractivity contribution in [1.29, 1.82) is 0 Å².